The lowest BCUT2D eigenvalue weighted by Crippen LogP contribution is -2.43. The van der Waals surface area contributed by atoms with Gasteiger partial charge in [-0.1, -0.05) is 24.3 Å². The highest BCUT2D eigenvalue weighted by Gasteiger charge is 2.38. The van der Waals surface area contributed by atoms with Gasteiger partial charge in [-0.3, -0.25) is 19.4 Å². The van der Waals surface area contributed by atoms with Crippen molar-refractivity contribution in [1.29, 1.82) is 0 Å². The van der Waals surface area contributed by atoms with Gasteiger partial charge in [0.2, 0.25) is 0 Å². The summed E-state index contributed by atoms with van der Waals surface area (Å²) >= 11 is 0. The van der Waals surface area contributed by atoms with E-state index in [4.69, 9.17) is 9.47 Å². The predicted octanol–water partition coefficient (Wildman–Crippen LogP) is 2.00. The average Bonchev–Trinajstić information content (AvgIpc) is 2.91. The van der Waals surface area contributed by atoms with Gasteiger partial charge in [-0.05, 0) is 23.6 Å². The van der Waals surface area contributed by atoms with Crippen LogP contribution in [0.5, 0.6) is 11.5 Å². The second-order valence-electron chi connectivity index (χ2n) is 6.79. The van der Waals surface area contributed by atoms with Crippen LogP contribution in [0.2, 0.25) is 0 Å². The van der Waals surface area contributed by atoms with Crippen LogP contribution in [0, 0.1) is 0 Å². The highest BCUT2D eigenvalue weighted by atomic mass is 16.6. The molecular formula is C20H18N2O4. The average molecular weight is 350 g/mol. The van der Waals surface area contributed by atoms with Gasteiger partial charge in [0, 0.05) is 19.2 Å². The molecule has 3 heterocycles. The van der Waals surface area contributed by atoms with E-state index >= 15 is 0 Å². The molecule has 0 aromatic heterocycles. The minimum Gasteiger partial charge on any atom is -0.486 e. The normalized spacial score (nSPS) is 18.7. The van der Waals surface area contributed by atoms with Crippen molar-refractivity contribution in [3.63, 3.8) is 0 Å². The Bertz CT molecular complexity index is 924. The predicted molar refractivity (Wildman–Crippen MR) is 94.7 cm³/mol. The number of Topliss-reactive ketones (excluding diaryl/α,β-unsaturated/α-hetero) is 1. The van der Waals surface area contributed by atoms with Crippen LogP contribution < -0.4 is 14.4 Å². The molecule has 0 fully saturated rings. The van der Waals surface area contributed by atoms with Gasteiger partial charge in [0.15, 0.2) is 11.5 Å². The van der Waals surface area contributed by atoms with E-state index in [1.807, 2.05) is 6.07 Å². The van der Waals surface area contributed by atoms with Crippen LogP contribution in [0.25, 0.3) is 0 Å². The Balaban J connectivity index is 1.44. The fraction of sp³-hybridized carbons (Fsp3) is 0.300. The lowest BCUT2D eigenvalue weighted by Gasteiger charge is -2.32. The van der Waals surface area contributed by atoms with Gasteiger partial charge in [0.05, 0.1) is 17.9 Å². The van der Waals surface area contributed by atoms with Gasteiger partial charge in [-0.15, -0.1) is 0 Å². The fourth-order valence-corrected chi connectivity index (χ4v) is 3.85. The summed E-state index contributed by atoms with van der Waals surface area (Å²) in [5.41, 5.74) is 3.64. The number of carbonyl (C=O) groups excluding carboxylic acids is 2. The number of ether oxygens (including phenoxy) is 2. The zero-order valence-corrected chi connectivity index (χ0v) is 14.2. The quantitative estimate of drug-likeness (QED) is 0.776. The lowest BCUT2D eigenvalue weighted by molar-refractivity contribution is -0.114. The number of fused-ring (bicyclic) bond motifs is 3. The molecular weight excluding hydrogens is 332 g/mol. The van der Waals surface area contributed by atoms with Crippen molar-refractivity contribution < 1.29 is 19.1 Å². The van der Waals surface area contributed by atoms with Gasteiger partial charge in [-0.25, -0.2) is 0 Å². The van der Waals surface area contributed by atoms with Crippen molar-refractivity contribution in [2.75, 3.05) is 31.3 Å². The first-order valence-corrected chi connectivity index (χ1v) is 8.80. The van der Waals surface area contributed by atoms with Crippen molar-refractivity contribution in [3.05, 3.63) is 53.1 Å². The molecule has 0 radical (unpaired) electrons. The molecule has 0 unspecified atom stereocenters. The molecule has 0 saturated heterocycles. The number of ketones is 1. The third-order valence-electron chi connectivity index (χ3n) is 5.19. The molecule has 0 spiro atoms. The first-order chi connectivity index (χ1) is 12.7. The maximum atomic E-state index is 12.6. The fourth-order valence-electron chi connectivity index (χ4n) is 3.85. The van der Waals surface area contributed by atoms with Crippen molar-refractivity contribution >= 4 is 17.4 Å². The molecule has 0 bridgehead atoms. The monoisotopic (exact) mass is 350 g/mol. The van der Waals surface area contributed by atoms with Crippen LogP contribution >= 0.6 is 0 Å². The molecule has 6 heteroatoms. The van der Waals surface area contributed by atoms with Crippen molar-refractivity contribution in [1.82, 2.24) is 4.90 Å². The molecule has 2 aromatic rings. The molecule has 1 amide bonds. The zero-order chi connectivity index (χ0) is 17.7. The second kappa shape index (κ2) is 5.85. The minimum absolute atomic E-state index is 0.394. The number of anilines is 1. The van der Waals surface area contributed by atoms with Crippen LogP contribution in [0.4, 0.5) is 5.69 Å². The maximum Gasteiger partial charge on any atom is 0.300 e. The van der Waals surface area contributed by atoms with E-state index < -0.39 is 11.7 Å². The van der Waals surface area contributed by atoms with Gasteiger partial charge in [0.25, 0.3) is 5.78 Å². The van der Waals surface area contributed by atoms with Crippen molar-refractivity contribution in [2.45, 2.75) is 13.0 Å². The van der Waals surface area contributed by atoms with Crippen LogP contribution in [0.1, 0.15) is 21.5 Å². The molecule has 3 aliphatic rings. The largest absolute Gasteiger partial charge is 0.486 e. The zero-order valence-electron chi connectivity index (χ0n) is 14.2. The molecule has 3 aliphatic heterocycles. The Kier molecular flexibility index (Phi) is 3.46. The van der Waals surface area contributed by atoms with Gasteiger partial charge < -0.3 is 9.47 Å². The number of benzene rings is 2. The Morgan fingerprint density at radius 1 is 0.962 bits per heavy atom. The van der Waals surface area contributed by atoms with E-state index in [1.165, 1.54) is 11.1 Å². The molecule has 26 heavy (non-hydrogen) atoms. The number of hydrogen-bond donors (Lipinski definition) is 0. The Morgan fingerprint density at radius 3 is 2.50 bits per heavy atom. The molecule has 132 valence electrons. The van der Waals surface area contributed by atoms with E-state index in [-0.39, 0.29) is 0 Å². The molecule has 5 rings (SSSR count). The van der Waals surface area contributed by atoms with Crippen LogP contribution in [-0.4, -0.2) is 43.0 Å². The van der Waals surface area contributed by atoms with Gasteiger partial charge >= 0.3 is 5.91 Å². The van der Waals surface area contributed by atoms with Crippen LogP contribution in [0.15, 0.2) is 36.4 Å². The van der Waals surface area contributed by atoms with E-state index in [1.54, 1.807) is 17.0 Å². The number of amides is 1. The van der Waals surface area contributed by atoms with E-state index in [2.05, 4.69) is 23.1 Å². The summed E-state index contributed by atoms with van der Waals surface area (Å²) in [6.45, 7) is 2.94. The standard InChI is InChI=1S/C20H18N2O4/c23-19-15-9-17-18(26-8-7-25-17)10-16(15)22(20(19)24)12-21-6-5-13-3-1-2-4-14(13)11-21/h1-4,9-10H,5-8,11-12H2. The second-order valence-corrected chi connectivity index (χ2v) is 6.79. The molecule has 0 N–H and O–H groups in total. The number of nitrogens with zero attached hydrogens (tertiary/aromatic N) is 2. The molecule has 2 aromatic carbocycles. The lowest BCUT2D eigenvalue weighted by atomic mass is 10.0. The molecule has 0 aliphatic carbocycles. The summed E-state index contributed by atoms with van der Waals surface area (Å²) < 4.78 is 11.2. The first kappa shape index (κ1) is 15.4. The van der Waals surface area contributed by atoms with Gasteiger partial charge in [-0.2, -0.15) is 0 Å². The third kappa shape index (κ3) is 2.37. The first-order valence-electron chi connectivity index (χ1n) is 8.80. The topological polar surface area (TPSA) is 59.1 Å². The highest BCUT2D eigenvalue weighted by Crippen LogP contribution is 2.40. The summed E-state index contributed by atoms with van der Waals surface area (Å²) in [6, 6.07) is 11.7. The summed E-state index contributed by atoms with van der Waals surface area (Å²) in [5, 5.41) is 0. The SMILES string of the molecule is O=C1C(=O)N(CN2CCc3ccccc3C2)c2cc3c(cc21)OCCO3. The molecule has 6 nitrogen and oxygen atoms in total. The van der Waals surface area contributed by atoms with E-state index in [0.29, 0.717) is 42.6 Å². The Morgan fingerprint density at radius 2 is 1.69 bits per heavy atom. The number of carbonyl (C=O) groups is 2. The number of rotatable bonds is 2. The minimum atomic E-state index is -0.485. The highest BCUT2D eigenvalue weighted by molar-refractivity contribution is 6.52. The van der Waals surface area contributed by atoms with Crippen molar-refractivity contribution in [3.8, 4) is 11.5 Å². The van der Waals surface area contributed by atoms with Gasteiger partial charge in [0.1, 0.15) is 13.2 Å². The van der Waals surface area contributed by atoms with Crippen molar-refractivity contribution in [2.24, 2.45) is 0 Å². The molecule has 0 atom stereocenters. The Labute approximate surface area is 150 Å². The summed E-state index contributed by atoms with van der Waals surface area (Å²) in [6.07, 6.45) is 0.945. The van der Waals surface area contributed by atoms with E-state index in [9.17, 15) is 9.59 Å². The summed E-state index contributed by atoms with van der Waals surface area (Å²) in [5.74, 6) is 0.159. The summed E-state index contributed by atoms with van der Waals surface area (Å²) in [7, 11) is 0. The summed E-state index contributed by atoms with van der Waals surface area (Å²) in [4.78, 5) is 28.7. The molecule has 0 saturated carbocycles. The van der Waals surface area contributed by atoms with E-state index in [0.717, 1.165) is 19.5 Å². The van der Waals surface area contributed by atoms with Crippen LogP contribution in [0.3, 0.4) is 0 Å². The maximum absolute atomic E-state index is 12.6. The number of hydrogen-bond acceptors (Lipinski definition) is 5. The Hall–Kier alpha value is -2.86. The third-order valence-corrected chi connectivity index (χ3v) is 5.19. The van der Waals surface area contributed by atoms with Crippen LogP contribution in [-0.2, 0) is 17.8 Å². The smallest absolute Gasteiger partial charge is 0.300 e.